The summed E-state index contributed by atoms with van der Waals surface area (Å²) >= 11 is 0. The lowest BCUT2D eigenvalue weighted by Crippen LogP contribution is -2.18. The van der Waals surface area contributed by atoms with Crippen LogP contribution in [-0.4, -0.2) is 74.5 Å². The summed E-state index contributed by atoms with van der Waals surface area (Å²) in [5, 5.41) is 25.6. The number of ether oxygens (including phenoxy) is 2. The molecule has 2 aromatic rings. The van der Waals surface area contributed by atoms with Gasteiger partial charge in [0.05, 0.1) is 13.2 Å². The second-order valence-corrected chi connectivity index (χ2v) is 12.1. The third kappa shape index (κ3) is 21.2. The van der Waals surface area contributed by atoms with E-state index < -0.39 is 23.9 Å². The quantitative estimate of drug-likeness (QED) is 0.107. The number of unbranched alkanes of at least 4 members (excludes halogenated alkanes) is 3. The summed E-state index contributed by atoms with van der Waals surface area (Å²) < 4.78 is 10.8. The monoisotopic (exact) mass is 706 g/mol. The van der Waals surface area contributed by atoms with Gasteiger partial charge in [0.25, 0.3) is 0 Å². The number of hydrogen-bond donors (Lipinski definition) is 3. The molecule has 0 radical (unpaired) electrons. The van der Waals surface area contributed by atoms with E-state index in [4.69, 9.17) is 24.8 Å². The number of aromatic nitrogens is 2. The molecule has 3 unspecified atom stereocenters. The number of carboxylic acid groups (broad SMARTS) is 2. The number of nitrogens with zero attached hydrogens (tertiary/aromatic N) is 2. The molecule has 0 aliphatic carbocycles. The predicted molar refractivity (Wildman–Crippen MR) is 194 cm³/mol. The van der Waals surface area contributed by atoms with E-state index in [1.807, 2.05) is 0 Å². The van der Waals surface area contributed by atoms with Crippen LogP contribution in [0.1, 0.15) is 161 Å². The smallest absolute Gasteiger partial charge is 0.356 e. The summed E-state index contributed by atoms with van der Waals surface area (Å²) in [7, 11) is 0. The highest BCUT2D eigenvalue weighted by Crippen LogP contribution is 2.16. The average Bonchev–Trinajstić information content (AvgIpc) is 3.12. The van der Waals surface area contributed by atoms with E-state index in [2.05, 4.69) is 51.5 Å². The molecule has 2 heterocycles. The lowest BCUT2D eigenvalue weighted by Gasteiger charge is -2.15. The molecule has 50 heavy (non-hydrogen) atoms. The molecule has 0 aliphatic rings. The summed E-state index contributed by atoms with van der Waals surface area (Å²) in [5.74, 6) is -2.16. The van der Waals surface area contributed by atoms with Gasteiger partial charge in [0.2, 0.25) is 0 Å². The Morgan fingerprint density at radius 1 is 0.580 bits per heavy atom. The van der Waals surface area contributed by atoms with E-state index in [1.165, 1.54) is 37.5 Å². The van der Waals surface area contributed by atoms with Crippen LogP contribution in [0.5, 0.6) is 0 Å². The third-order valence-corrected chi connectivity index (χ3v) is 8.14. The van der Waals surface area contributed by atoms with Gasteiger partial charge in [0.1, 0.15) is 22.8 Å². The fourth-order valence-electron chi connectivity index (χ4n) is 4.58. The number of carbonyl (C=O) groups is 4. The van der Waals surface area contributed by atoms with Crippen molar-refractivity contribution in [1.82, 2.24) is 9.97 Å². The van der Waals surface area contributed by atoms with Crippen LogP contribution in [0.2, 0.25) is 0 Å². The van der Waals surface area contributed by atoms with Crippen molar-refractivity contribution in [3.8, 4) is 0 Å². The zero-order chi connectivity index (χ0) is 37.0. The fraction of sp³-hybridized carbons (Fsp3) is 0.632. The molecule has 12 heteroatoms. The van der Waals surface area contributed by atoms with Crippen LogP contribution in [0.3, 0.4) is 0 Å². The Bertz CT molecular complexity index is 1140. The Labute approximate surface area is 298 Å². The third-order valence-electron chi connectivity index (χ3n) is 8.14. The van der Waals surface area contributed by atoms with Gasteiger partial charge in [-0.15, -0.1) is 0 Å². The van der Waals surface area contributed by atoms with E-state index in [-0.39, 0.29) is 28.3 Å². The molecule has 284 valence electrons. The topological polar surface area (TPSA) is 205 Å². The summed E-state index contributed by atoms with van der Waals surface area (Å²) in [6.07, 6.45) is 13.4. The van der Waals surface area contributed by atoms with Gasteiger partial charge in [-0.2, -0.15) is 0 Å². The molecule has 0 saturated heterocycles. The molecule has 3 atom stereocenters. The number of carbonyl (C=O) groups excluding carboxylic acids is 2. The van der Waals surface area contributed by atoms with Crippen LogP contribution in [0, 0.1) is 17.8 Å². The summed E-state index contributed by atoms with van der Waals surface area (Å²) in [5.41, 5.74) is -0.236. The molecular weight excluding hydrogens is 644 g/mol. The first-order valence-electron chi connectivity index (χ1n) is 17.9. The van der Waals surface area contributed by atoms with E-state index >= 15 is 0 Å². The fourth-order valence-corrected chi connectivity index (χ4v) is 4.58. The highest BCUT2D eigenvalue weighted by molar-refractivity contribution is 5.91. The molecule has 0 spiro atoms. The van der Waals surface area contributed by atoms with Crippen molar-refractivity contribution < 1.29 is 49.4 Å². The van der Waals surface area contributed by atoms with Gasteiger partial charge in [-0.05, 0) is 61.3 Å². The first-order valence-corrected chi connectivity index (χ1v) is 17.9. The number of pyridine rings is 2. The van der Waals surface area contributed by atoms with Crippen molar-refractivity contribution in [1.29, 1.82) is 0 Å². The van der Waals surface area contributed by atoms with Crippen molar-refractivity contribution in [3.63, 3.8) is 0 Å². The minimum atomic E-state index is -1.24. The maximum atomic E-state index is 12.3. The molecule has 12 nitrogen and oxygen atoms in total. The van der Waals surface area contributed by atoms with Gasteiger partial charge < -0.3 is 30.3 Å². The van der Waals surface area contributed by atoms with Crippen LogP contribution in [0.25, 0.3) is 0 Å². The minimum Gasteiger partial charge on any atom is -0.477 e. The lowest BCUT2D eigenvalue weighted by atomic mass is 10.0. The van der Waals surface area contributed by atoms with E-state index in [9.17, 15) is 19.2 Å². The first-order chi connectivity index (χ1) is 23.5. The van der Waals surface area contributed by atoms with Crippen molar-refractivity contribution >= 4 is 23.9 Å². The standard InChI is InChI=1S/C23H37NO4.C8H18O.C7H5NO4.H2O/c1-5-9-12-18(7-3)16-27-22(25)20-14-11-15-21(24-20)23(26)28-17-19(8-4)13-10-6-2;1-3-5-6-8(4-2)7-9;9-6(10)4-2-1-3-5(8-4)7(11)12;/h11,14-15,18-19H,5-10,12-13,16-17H2,1-4H3;8-9H,3-7H2,1-2H3;1-3H,(H,9,10)(H,11,12);1H2. The van der Waals surface area contributed by atoms with Gasteiger partial charge in [-0.1, -0.05) is 111 Å². The van der Waals surface area contributed by atoms with Gasteiger partial charge in [0.15, 0.2) is 0 Å². The second kappa shape index (κ2) is 30.0. The van der Waals surface area contributed by atoms with Gasteiger partial charge in [0, 0.05) is 6.61 Å². The Kier molecular flexibility index (Phi) is 28.9. The second-order valence-electron chi connectivity index (χ2n) is 12.1. The number of aromatic carboxylic acids is 2. The minimum absolute atomic E-state index is 0. The largest absolute Gasteiger partial charge is 0.477 e. The summed E-state index contributed by atoms with van der Waals surface area (Å²) in [6.45, 7) is 14.0. The molecular formula is C38H62N2O10. The normalized spacial score (nSPS) is 12.0. The van der Waals surface area contributed by atoms with Gasteiger partial charge in [-0.3, -0.25) is 0 Å². The van der Waals surface area contributed by atoms with Crippen molar-refractivity contribution in [2.75, 3.05) is 19.8 Å². The number of rotatable bonds is 21. The molecule has 0 saturated carbocycles. The summed E-state index contributed by atoms with van der Waals surface area (Å²) in [4.78, 5) is 52.8. The number of aliphatic hydroxyl groups excluding tert-OH is 1. The Balaban J connectivity index is 0. The SMILES string of the molecule is CCCCC(CC)CO.CCCCC(CC)COC(=O)c1cccc(C(=O)OCC(CC)CCCC)n1.O.O=C(O)c1cccc(C(=O)O)n1. The average molecular weight is 707 g/mol. The summed E-state index contributed by atoms with van der Waals surface area (Å²) in [6, 6.07) is 8.58. The van der Waals surface area contributed by atoms with E-state index in [0.29, 0.717) is 37.6 Å². The van der Waals surface area contributed by atoms with Crippen molar-refractivity contribution in [3.05, 3.63) is 59.2 Å². The molecule has 0 amide bonds. The molecule has 0 fully saturated rings. The molecule has 0 bridgehead atoms. The maximum Gasteiger partial charge on any atom is 0.356 e. The number of hydrogen-bond acceptors (Lipinski definition) is 9. The highest BCUT2D eigenvalue weighted by atomic mass is 16.5. The number of esters is 2. The van der Waals surface area contributed by atoms with Crippen LogP contribution >= 0.6 is 0 Å². The van der Waals surface area contributed by atoms with Crippen molar-refractivity contribution in [2.24, 2.45) is 17.8 Å². The van der Waals surface area contributed by atoms with Gasteiger partial charge in [-0.25, -0.2) is 29.1 Å². The molecule has 0 aliphatic heterocycles. The number of carboxylic acids is 2. The Morgan fingerprint density at radius 2 is 0.900 bits per heavy atom. The predicted octanol–water partition coefficient (Wildman–Crippen LogP) is 7.68. The Hall–Kier alpha value is -3.90. The zero-order valence-corrected chi connectivity index (χ0v) is 31.0. The zero-order valence-electron chi connectivity index (χ0n) is 31.0. The first kappa shape index (κ1) is 48.2. The van der Waals surface area contributed by atoms with Crippen LogP contribution in [-0.2, 0) is 9.47 Å². The van der Waals surface area contributed by atoms with E-state index in [0.717, 1.165) is 57.8 Å². The molecule has 2 rings (SSSR count). The highest BCUT2D eigenvalue weighted by Gasteiger charge is 2.17. The Morgan fingerprint density at radius 3 is 1.20 bits per heavy atom. The molecule has 0 aromatic carbocycles. The molecule has 5 N–H and O–H groups in total. The van der Waals surface area contributed by atoms with Crippen LogP contribution < -0.4 is 0 Å². The van der Waals surface area contributed by atoms with Crippen molar-refractivity contribution in [2.45, 2.75) is 119 Å². The van der Waals surface area contributed by atoms with Crippen LogP contribution in [0.4, 0.5) is 0 Å². The van der Waals surface area contributed by atoms with Gasteiger partial charge >= 0.3 is 23.9 Å². The molecule has 2 aromatic heterocycles. The lowest BCUT2D eigenvalue weighted by molar-refractivity contribution is 0.0411. The van der Waals surface area contributed by atoms with Crippen LogP contribution in [0.15, 0.2) is 36.4 Å². The number of aliphatic hydroxyl groups is 1. The maximum absolute atomic E-state index is 12.3. The van der Waals surface area contributed by atoms with E-state index in [1.54, 1.807) is 18.2 Å².